The number of hydrogen-bond acceptors (Lipinski definition) is 13. The van der Waals surface area contributed by atoms with Crippen molar-refractivity contribution >= 4 is 52.9 Å². The van der Waals surface area contributed by atoms with Crippen molar-refractivity contribution in [1.82, 2.24) is 10.6 Å². The summed E-state index contributed by atoms with van der Waals surface area (Å²) < 4.78 is 5.26. The Morgan fingerprint density at radius 1 is 1.06 bits per heavy atom. The zero-order valence-corrected chi connectivity index (χ0v) is 26.5. The lowest BCUT2D eigenvalue weighted by Gasteiger charge is -2.38. The molecule has 48 heavy (non-hydrogen) atoms. The molecule has 2 aliphatic rings. The van der Waals surface area contributed by atoms with E-state index in [0.717, 1.165) is 18.7 Å². The van der Waals surface area contributed by atoms with Crippen molar-refractivity contribution in [3.63, 3.8) is 0 Å². The maximum absolute atomic E-state index is 13.8. The Morgan fingerprint density at radius 2 is 1.73 bits per heavy atom. The number of fused-ring (bicyclic) bond motifs is 3. The molecule has 2 aromatic carbocycles. The molecule has 2 unspecified atom stereocenters. The van der Waals surface area contributed by atoms with E-state index in [-0.39, 0.29) is 40.2 Å². The maximum atomic E-state index is 13.8. The summed E-state index contributed by atoms with van der Waals surface area (Å²) >= 11 is 0.824. The molecule has 0 aliphatic heterocycles. The summed E-state index contributed by atoms with van der Waals surface area (Å²) in [6, 6.07) is 1.43. The van der Waals surface area contributed by atoms with Crippen molar-refractivity contribution in [2.45, 2.75) is 55.5 Å². The molecule has 0 saturated heterocycles. The standard InChI is InChI=1S/C31H33N3O13S/c1-12(35)31(46)8-14-22(28(42)24-23(26(14)40)25(39)13-4-3-5-17(47-2)21(13)27(24)41)18(9-31)48-11-16(29(43)33-10-20(37)38)34-19(36)7-6-15(32)30(44)45/h3-5,15-16,18,40,42,46H,6-11,32H2,1-2H3,(H,33,43)(H,34,36)(H,37,38)(H,44,45)/t15?,16-,18?,31-/m0/s1. The van der Waals surface area contributed by atoms with Gasteiger partial charge in [0.15, 0.2) is 11.6 Å². The van der Waals surface area contributed by atoms with E-state index in [4.69, 9.17) is 20.7 Å². The van der Waals surface area contributed by atoms with Crippen molar-refractivity contribution in [3.05, 3.63) is 51.6 Å². The Balaban J connectivity index is 1.76. The van der Waals surface area contributed by atoms with Crippen LogP contribution in [0.15, 0.2) is 18.2 Å². The van der Waals surface area contributed by atoms with Gasteiger partial charge in [0.1, 0.15) is 41.5 Å². The van der Waals surface area contributed by atoms with E-state index in [9.17, 15) is 48.9 Å². The van der Waals surface area contributed by atoms with Crippen molar-refractivity contribution in [2.24, 2.45) is 5.73 Å². The minimum atomic E-state index is -2.12. The molecular weight excluding hydrogens is 654 g/mol. The molecular formula is C31H33N3O13S. The number of methoxy groups -OCH3 is 1. The lowest BCUT2D eigenvalue weighted by molar-refractivity contribution is -0.139. The number of ether oxygens (including phenoxy) is 1. The van der Waals surface area contributed by atoms with Gasteiger partial charge in [0.2, 0.25) is 17.6 Å². The topological polar surface area (TPSA) is 280 Å². The molecule has 0 spiro atoms. The van der Waals surface area contributed by atoms with Crippen LogP contribution in [0, 0.1) is 0 Å². The van der Waals surface area contributed by atoms with E-state index in [2.05, 4.69) is 10.6 Å². The van der Waals surface area contributed by atoms with Gasteiger partial charge in [-0.1, -0.05) is 12.1 Å². The van der Waals surface area contributed by atoms with Crippen LogP contribution in [-0.2, 0) is 30.4 Å². The zero-order chi connectivity index (χ0) is 35.7. The van der Waals surface area contributed by atoms with Crippen molar-refractivity contribution in [2.75, 3.05) is 19.4 Å². The highest BCUT2D eigenvalue weighted by Crippen LogP contribution is 2.54. The van der Waals surface area contributed by atoms with E-state index in [1.165, 1.54) is 25.3 Å². The molecule has 0 heterocycles. The van der Waals surface area contributed by atoms with Crippen LogP contribution in [0.2, 0.25) is 0 Å². The van der Waals surface area contributed by atoms with Gasteiger partial charge in [-0.3, -0.25) is 33.6 Å². The van der Waals surface area contributed by atoms with Gasteiger partial charge in [0, 0.05) is 40.5 Å². The smallest absolute Gasteiger partial charge is 0.322 e. The number of phenols is 2. The van der Waals surface area contributed by atoms with E-state index < -0.39 is 112 Å². The number of phenolic OH excluding ortho intramolecular Hbond substituents is 2. The van der Waals surface area contributed by atoms with Gasteiger partial charge >= 0.3 is 11.9 Å². The van der Waals surface area contributed by atoms with Crippen LogP contribution in [0.5, 0.6) is 17.2 Å². The Bertz CT molecular complexity index is 1740. The molecule has 256 valence electrons. The molecule has 0 saturated carbocycles. The molecule has 0 aromatic heterocycles. The fraction of sp³-hybridized carbons (Fsp3) is 0.387. The minimum absolute atomic E-state index is 0.0419. The van der Waals surface area contributed by atoms with E-state index >= 15 is 0 Å². The van der Waals surface area contributed by atoms with Crippen LogP contribution in [0.1, 0.15) is 74.4 Å². The van der Waals surface area contributed by atoms with Gasteiger partial charge in [-0.2, -0.15) is 11.8 Å². The lowest BCUT2D eigenvalue weighted by atomic mass is 9.73. The number of carboxylic acid groups (broad SMARTS) is 2. The monoisotopic (exact) mass is 687 g/mol. The minimum Gasteiger partial charge on any atom is -0.507 e. The summed E-state index contributed by atoms with van der Waals surface area (Å²) in [6.07, 6.45) is -1.60. The molecule has 2 aromatic rings. The first-order valence-corrected chi connectivity index (χ1v) is 15.6. The molecule has 4 rings (SSSR count). The molecule has 2 amide bonds. The number of carboxylic acids is 2. The number of Topliss-reactive ketones (excluding diaryl/α,β-unsaturated/α-hetero) is 1. The van der Waals surface area contributed by atoms with Crippen molar-refractivity contribution in [3.8, 4) is 17.2 Å². The first-order chi connectivity index (χ1) is 22.5. The number of ketones is 3. The van der Waals surface area contributed by atoms with Gasteiger partial charge in [-0.15, -0.1) is 0 Å². The third kappa shape index (κ3) is 6.83. The average molecular weight is 688 g/mol. The van der Waals surface area contributed by atoms with Gasteiger partial charge in [-0.05, 0) is 25.8 Å². The molecule has 17 heteroatoms. The van der Waals surface area contributed by atoms with Gasteiger partial charge in [0.05, 0.1) is 23.8 Å². The first kappa shape index (κ1) is 35.8. The summed E-state index contributed by atoms with van der Waals surface area (Å²) in [5, 5.41) is 55.8. The summed E-state index contributed by atoms with van der Waals surface area (Å²) in [7, 11) is 1.28. The van der Waals surface area contributed by atoms with Gasteiger partial charge in [0.25, 0.3) is 0 Å². The number of amides is 2. The molecule has 16 nitrogen and oxygen atoms in total. The number of nitrogens with two attached hydrogens (primary N) is 1. The largest absolute Gasteiger partial charge is 0.507 e. The average Bonchev–Trinajstić information content (AvgIpc) is 3.03. The Labute approximate surface area is 276 Å². The van der Waals surface area contributed by atoms with Gasteiger partial charge in [-0.25, -0.2) is 0 Å². The predicted molar refractivity (Wildman–Crippen MR) is 166 cm³/mol. The number of nitrogens with one attached hydrogen (secondary N) is 2. The lowest BCUT2D eigenvalue weighted by Crippen LogP contribution is -2.50. The number of carbonyl (C=O) groups excluding carboxylic acids is 5. The van der Waals surface area contributed by atoms with E-state index in [0.29, 0.717) is 0 Å². The van der Waals surface area contributed by atoms with Crippen LogP contribution < -0.4 is 21.1 Å². The highest BCUT2D eigenvalue weighted by Gasteiger charge is 2.48. The zero-order valence-electron chi connectivity index (χ0n) is 25.7. The number of rotatable bonds is 13. The van der Waals surface area contributed by atoms with Crippen molar-refractivity contribution in [1.29, 1.82) is 0 Å². The molecule has 4 atom stereocenters. The number of hydrogen-bond donors (Lipinski definition) is 8. The highest BCUT2D eigenvalue weighted by molar-refractivity contribution is 7.99. The van der Waals surface area contributed by atoms with Crippen LogP contribution in [0.25, 0.3) is 0 Å². The van der Waals surface area contributed by atoms with Crippen LogP contribution in [0.4, 0.5) is 0 Å². The normalized spacial score (nSPS) is 19.2. The van der Waals surface area contributed by atoms with E-state index in [1.807, 2.05) is 0 Å². The quantitative estimate of drug-likeness (QED) is 0.108. The number of benzene rings is 2. The van der Waals surface area contributed by atoms with E-state index in [1.54, 1.807) is 0 Å². The summed E-state index contributed by atoms with van der Waals surface area (Å²) in [5.41, 5.74) is 1.77. The maximum Gasteiger partial charge on any atom is 0.322 e. The third-order valence-electron chi connectivity index (χ3n) is 8.26. The summed E-state index contributed by atoms with van der Waals surface area (Å²) in [5.74, 6) is -8.58. The summed E-state index contributed by atoms with van der Waals surface area (Å²) in [4.78, 5) is 87.7. The second-order valence-electron chi connectivity index (χ2n) is 11.4. The molecule has 0 radical (unpaired) electrons. The summed E-state index contributed by atoms with van der Waals surface area (Å²) in [6.45, 7) is 0.293. The van der Waals surface area contributed by atoms with Crippen LogP contribution in [0.3, 0.4) is 0 Å². The predicted octanol–water partition coefficient (Wildman–Crippen LogP) is -0.200. The van der Waals surface area contributed by atoms with Crippen LogP contribution in [-0.4, -0.2) is 104 Å². The third-order valence-corrected chi connectivity index (χ3v) is 9.59. The number of thioether (sulfide) groups is 1. The molecule has 0 bridgehead atoms. The number of carbonyl (C=O) groups is 7. The Kier molecular flexibility index (Phi) is 10.5. The fourth-order valence-electron chi connectivity index (χ4n) is 5.69. The molecule has 9 N–H and O–H groups in total. The number of aromatic hydroxyl groups is 2. The fourth-order valence-corrected chi connectivity index (χ4v) is 7.16. The second kappa shape index (κ2) is 14.0. The first-order valence-electron chi connectivity index (χ1n) is 14.5. The number of aliphatic hydroxyl groups is 1. The SMILES string of the molecule is COc1cccc2c1C(=O)c1c(O)c3c(c(O)c1C2=O)C[C@@](O)(C(C)=O)CC3SC[C@H](NC(=O)CCC(N)C(=O)O)C(=O)NCC(=O)O. The Hall–Kier alpha value is -5.00. The van der Waals surface area contributed by atoms with Gasteiger partial charge < -0.3 is 46.6 Å². The van der Waals surface area contributed by atoms with Crippen LogP contribution >= 0.6 is 11.8 Å². The molecule has 2 aliphatic carbocycles. The number of aliphatic carboxylic acids is 2. The second-order valence-corrected chi connectivity index (χ2v) is 12.6. The van der Waals surface area contributed by atoms with Crippen molar-refractivity contribution < 1.29 is 63.8 Å². The Morgan fingerprint density at radius 3 is 2.33 bits per heavy atom. The highest BCUT2D eigenvalue weighted by atomic mass is 32.2. The molecule has 0 fully saturated rings.